The summed E-state index contributed by atoms with van der Waals surface area (Å²) in [5.41, 5.74) is 1.03. The van der Waals surface area contributed by atoms with Crippen LogP contribution in [0.4, 0.5) is 0 Å². The van der Waals surface area contributed by atoms with E-state index in [1.54, 1.807) is 6.07 Å². The monoisotopic (exact) mass is 376 g/mol. The van der Waals surface area contributed by atoms with Crippen molar-refractivity contribution in [1.29, 1.82) is 0 Å². The van der Waals surface area contributed by atoms with Crippen molar-refractivity contribution in [3.05, 3.63) is 29.8 Å². The number of aromatic hydroxyl groups is 1. The Bertz CT molecular complexity index is 339. The summed E-state index contributed by atoms with van der Waals surface area (Å²) in [6, 6.07) is 7.64. The summed E-state index contributed by atoms with van der Waals surface area (Å²) in [6.45, 7) is 2.23. The van der Waals surface area contributed by atoms with Gasteiger partial charge in [-0.2, -0.15) is 0 Å². The first-order valence-corrected chi connectivity index (χ1v) is 8.56. The Labute approximate surface area is 127 Å². The van der Waals surface area contributed by atoms with Crippen LogP contribution in [-0.2, 0) is 0 Å². The van der Waals surface area contributed by atoms with Gasteiger partial charge in [0, 0.05) is 5.92 Å². The highest BCUT2D eigenvalue weighted by Crippen LogP contribution is 2.37. The molecule has 3 heteroatoms. The fraction of sp³-hybridized carbons (Fsp3) is 0.600. The highest BCUT2D eigenvalue weighted by molar-refractivity contribution is 9.24. The molecule has 1 atom stereocenters. The Balaban J connectivity index is 2.53. The van der Waals surface area contributed by atoms with Crippen LogP contribution in [0.15, 0.2) is 24.3 Å². The van der Waals surface area contributed by atoms with Crippen LogP contribution in [-0.4, -0.2) is 8.84 Å². The van der Waals surface area contributed by atoms with E-state index < -0.39 is 0 Å². The maximum Gasteiger partial charge on any atom is 0.119 e. The molecular formula is C15H22Br2O. The molecule has 102 valence electrons. The lowest BCUT2D eigenvalue weighted by Gasteiger charge is -2.20. The van der Waals surface area contributed by atoms with Crippen LogP contribution in [0.2, 0.25) is 0 Å². The van der Waals surface area contributed by atoms with Crippen molar-refractivity contribution in [2.75, 3.05) is 0 Å². The Hall–Kier alpha value is -0.0200. The zero-order chi connectivity index (χ0) is 13.4. The molecule has 0 bridgehead atoms. The van der Waals surface area contributed by atoms with E-state index in [0.29, 0.717) is 11.7 Å². The molecule has 1 unspecified atom stereocenters. The van der Waals surface area contributed by atoms with E-state index in [4.69, 9.17) is 0 Å². The van der Waals surface area contributed by atoms with Gasteiger partial charge in [-0.05, 0) is 18.1 Å². The van der Waals surface area contributed by atoms with Gasteiger partial charge in [0.25, 0.3) is 0 Å². The van der Waals surface area contributed by atoms with E-state index in [2.05, 4.69) is 38.8 Å². The molecule has 0 aliphatic carbocycles. The third-order valence-electron chi connectivity index (χ3n) is 3.26. The molecule has 1 nitrogen and oxygen atoms in total. The van der Waals surface area contributed by atoms with Crippen LogP contribution in [0.5, 0.6) is 5.75 Å². The van der Waals surface area contributed by atoms with Crippen LogP contribution in [0.1, 0.15) is 56.9 Å². The normalized spacial score (nSPS) is 12.9. The number of hydrogen-bond acceptors (Lipinski definition) is 1. The second-order valence-electron chi connectivity index (χ2n) is 4.70. The largest absolute Gasteiger partial charge is 0.508 e. The van der Waals surface area contributed by atoms with Crippen LogP contribution in [0.3, 0.4) is 0 Å². The molecule has 0 saturated heterocycles. The van der Waals surface area contributed by atoms with Gasteiger partial charge in [-0.3, -0.25) is 0 Å². The van der Waals surface area contributed by atoms with Crippen molar-refractivity contribution in [3.63, 3.8) is 0 Å². The maximum atomic E-state index is 9.93. The lowest BCUT2D eigenvalue weighted by atomic mass is 9.94. The van der Waals surface area contributed by atoms with Gasteiger partial charge in [0.1, 0.15) is 5.75 Å². The van der Waals surface area contributed by atoms with Crippen LogP contribution in [0.25, 0.3) is 0 Å². The van der Waals surface area contributed by atoms with Gasteiger partial charge in [-0.1, -0.05) is 89.1 Å². The zero-order valence-electron chi connectivity index (χ0n) is 10.9. The van der Waals surface area contributed by atoms with Gasteiger partial charge in [-0.15, -0.1) is 0 Å². The molecular weight excluding hydrogens is 356 g/mol. The maximum absolute atomic E-state index is 9.93. The molecule has 0 aliphatic heterocycles. The van der Waals surface area contributed by atoms with Crippen LogP contribution < -0.4 is 0 Å². The smallest absolute Gasteiger partial charge is 0.119 e. The predicted molar refractivity (Wildman–Crippen MR) is 85.9 cm³/mol. The second-order valence-corrected chi connectivity index (χ2v) is 7.90. The summed E-state index contributed by atoms with van der Waals surface area (Å²) in [6.07, 6.45) is 7.52. The van der Waals surface area contributed by atoms with E-state index >= 15 is 0 Å². The highest BCUT2D eigenvalue weighted by atomic mass is 79.9. The van der Waals surface area contributed by atoms with E-state index in [0.717, 1.165) is 12.0 Å². The zero-order valence-corrected chi connectivity index (χ0v) is 14.1. The lowest BCUT2D eigenvalue weighted by Crippen LogP contribution is -2.07. The lowest BCUT2D eigenvalue weighted by molar-refractivity contribution is 0.457. The SMILES string of the molecule is CCCCCCCC(c1ccccc1O)C(Br)Br. The molecule has 0 saturated carbocycles. The molecule has 1 N–H and O–H groups in total. The standard InChI is InChI=1S/C15H22Br2O/c1-2-3-4-5-6-10-13(15(16)17)12-9-7-8-11-14(12)18/h7-9,11,13,15,18H,2-6,10H2,1H3. The molecule has 1 aromatic carbocycles. The Morgan fingerprint density at radius 3 is 2.33 bits per heavy atom. The Morgan fingerprint density at radius 2 is 1.72 bits per heavy atom. The summed E-state index contributed by atoms with van der Waals surface area (Å²) in [5.74, 6) is 0.729. The number of alkyl halides is 2. The molecule has 0 aromatic heterocycles. The van der Waals surface area contributed by atoms with Gasteiger partial charge >= 0.3 is 0 Å². The van der Waals surface area contributed by atoms with Gasteiger partial charge in [0.05, 0.1) is 3.74 Å². The number of benzene rings is 1. The van der Waals surface area contributed by atoms with Crippen molar-refractivity contribution in [2.24, 2.45) is 0 Å². The molecule has 1 rings (SSSR count). The van der Waals surface area contributed by atoms with Crippen LogP contribution in [0, 0.1) is 0 Å². The van der Waals surface area contributed by atoms with Crippen molar-refractivity contribution in [3.8, 4) is 5.75 Å². The second kappa shape index (κ2) is 8.98. The molecule has 18 heavy (non-hydrogen) atoms. The summed E-state index contributed by atoms with van der Waals surface area (Å²) < 4.78 is 0.212. The third-order valence-corrected chi connectivity index (χ3v) is 4.54. The molecule has 0 fully saturated rings. The van der Waals surface area contributed by atoms with Crippen LogP contribution >= 0.6 is 31.9 Å². The molecule has 0 aliphatic rings. The number of phenols is 1. The number of para-hydroxylation sites is 1. The summed E-state index contributed by atoms with van der Waals surface area (Å²) in [5, 5.41) is 9.93. The minimum atomic E-state index is 0.212. The fourth-order valence-electron chi connectivity index (χ4n) is 2.19. The summed E-state index contributed by atoms with van der Waals surface area (Å²) in [4.78, 5) is 0. The first kappa shape index (κ1) is 16.0. The minimum absolute atomic E-state index is 0.212. The van der Waals surface area contributed by atoms with E-state index in [1.807, 2.05) is 18.2 Å². The topological polar surface area (TPSA) is 20.2 Å². The molecule has 1 aromatic rings. The number of hydrogen-bond donors (Lipinski definition) is 1. The number of rotatable bonds is 8. The van der Waals surface area contributed by atoms with Gasteiger partial charge < -0.3 is 5.11 Å². The van der Waals surface area contributed by atoms with Crippen molar-refractivity contribution in [2.45, 2.75) is 55.1 Å². The van der Waals surface area contributed by atoms with Crippen molar-refractivity contribution < 1.29 is 5.11 Å². The number of unbranched alkanes of at least 4 members (excludes halogenated alkanes) is 4. The highest BCUT2D eigenvalue weighted by Gasteiger charge is 2.20. The third kappa shape index (κ3) is 5.31. The van der Waals surface area contributed by atoms with Gasteiger partial charge in [-0.25, -0.2) is 0 Å². The Morgan fingerprint density at radius 1 is 1.06 bits per heavy atom. The molecule has 0 heterocycles. The molecule has 0 amide bonds. The van der Waals surface area contributed by atoms with E-state index in [-0.39, 0.29) is 3.74 Å². The molecule has 0 radical (unpaired) electrons. The Kier molecular flexibility index (Phi) is 8.00. The van der Waals surface area contributed by atoms with Gasteiger partial charge in [0.15, 0.2) is 0 Å². The quantitative estimate of drug-likeness (QED) is 0.438. The van der Waals surface area contributed by atoms with Crippen molar-refractivity contribution in [1.82, 2.24) is 0 Å². The number of phenolic OH excluding ortho intramolecular Hbond substituents is 1. The van der Waals surface area contributed by atoms with Gasteiger partial charge in [0.2, 0.25) is 0 Å². The van der Waals surface area contributed by atoms with Crippen molar-refractivity contribution >= 4 is 31.9 Å². The summed E-state index contributed by atoms with van der Waals surface area (Å²) in [7, 11) is 0. The average Bonchev–Trinajstić information content (AvgIpc) is 2.35. The average molecular weight is 378 g/mol. The fourth-order valence-corrected chi connectivity index (χ4v) is 3.28. The van der Waals surface area contributed by atoms with E-state index in [9.17, 15) is 5.11 Å². The molecule has 0 spiro atoms. The minimum Gasteiger partial charge on any atom is -0.508 e. The first-order chi connectivity index (χ1) is 8.66. The van der Waals surface area contributed by atoms with E-state index in [1.165, 1.54) is 32.1 Å². The summed E-state index contributed by atoms with van der Waals surface area (Å²) >= 11 is 7.20. The predicted octanol–water partition coefficient (Wildman–Crippen LogP) is 5.95. The number of halogens is 2. The first-order valence-electron chi connectivity index (χ1n) is 6.72.